The second-order valence-electron chi connectivity index (χ2n) is 4.78. The molecule has 0 aromatic carbocycles. The number of nitrogens with one attached hydrogen (secondary N) is 1. The Kier molecular flexibility index (Phi) is 5.20. The maximum absolute atomic E-state index is 12.6. The summed E-state index contributed by atoms with van der Waals surface area (Å²) >= 11 is 0. The summed E-state index contributed by atoms with van der Waals surface area (Å²) < 4.78 is 37.6. The van der Waals surface area contributed by atoms with Gasteiger partial charge in [0.05, 0.1) is 13.2 Å². The van der Waals surface area contributed by atoms with Gasteiger partial charge in [0, 0.05) is 25.8 Å². The van der Waals surface area contributed by atoms with E-state index in [1.165, 1.54) is 4.31 Å². The van der Waals surface area contributed by atoms with Crippen LogP contribution in [0.4, 0.5) is 0 Å². The first-order valence-corrected chi connectivity index (χ1v) is 8.37. The van der Waals surface area contributed by atoms with Crippen molar-refractivity contribution in [2.45, 2.75) is 31.7 Å². The number of rotatable bonds is 5. The van der Waals surface area contributed by atoms with E-state index in [0.29, 0.717) is 44.4 Å². The van der Waals surface area contributed by atoms with Gasteiger partial charge in [-0.15, -0.1) is 0 Å². The van der Waals surface area contributed by atoms with Gasteiger partial charge in [-0.05, 0) is 19.9 Å². The van der Waals surface area contributed by atoms with Crippen molar-refractivity contribution in [3.05, 3.63) is 17.6 Å². The van der Waals surface area contributed by atoms with Crippen LogP contribution < -0.4 is 5.32 Å². The lowest BCUT2D eigenvalue weighted by atomic mass is 10.4. The fourth-order valence-electron chi connectivity index (χ4n) is 2.22. The van der Waals surface area contributed by atoms with E-state index in [4.69, 9.17) is 9.15 Å². The van der Waals surface area contributed by atoms with Crippen LogP contribution in [0.1, 0.15) is 24.9 Å². The van der Waals surface area contributed by atoms with Crippen LogP contribution in [0.25, 0.3) is 0 Å². The van der Waals surface area contributed by atoms with Gasteiger partial charge in [-0.2, -0.15) is 4.31 Å². The monoisotopic (exact) mass is 302 g/mol. The second kappa shape index (κ2) is 6.71. The Hall–Kier alpha value is -0.890. The molecule has 114 valence electrons. The number of aryl methyl sites for hydroxylation is 1. The SMILES string of the molecule is CCNCc1cc(S(=O)(=O)N2CCCOCC2)c(C)o1. The summed E-state index contributed by atoms with van der Waals surface area (Å²) in [5, 5.41) is 3.12. The van der Waals surface area contributed by atoms with E-state index >= 15 is 0 Å². The molecule has 2 rings (SSSR count). The fraction of sp³-hybridized carbons (Fsp3) is 0.692. The first kappa shape index (κ1) is 15.5. The Labute approximate surface area is 120 Å². The van der Waals surface area contributed by atoms with E-state index in [0.717, 1.165) is 13.0 Å². The van der Waals surface area contributed by atoms with Crippen molar-refractivity contribution in [3.8, 4) is 0 Å². The predicted octanol–water partition coefficient (Wildman–Crippen LogP) is 1.11. The molecule has 0 spiro atoms. The molecule has 1 fully saturated rings. The molecule has 0 bridgehead atoms. The number of hydrogen-bond acceptors (Lipinski definition) is 5. The Morgan fingerprint density at radius 2 is 2.15 bits per heavy atom. The maximum atomic E-state index is 12.6. The normalized spacial score (nSPS) is 18.1. The van der Waals surface area contributed by atoms with Gasteiger partial charge in [0.25, 0.3) is 0 Å². The van der Waals surface area contributed by atoms with Gasteiger partial charge in [-0.3, -0.25) is 0 Å². The van der Waals surface area contributed by atoms with Crippen LogP contribution in [0.5, 0.6) is 0 Å². The largest absolute Gasteiger partial charge is 0.464 e. The van der Waals surface area contributed by atoms with Crippen LogP contribution in [0.2, 0.25) is 0 Å². The van der Waals surface area contributed by atoms with Gasteiger partial charge in [-0.1, -0.05) is 6.92 Å². The van der Waals surface area contributed by atoms with Crippen LogP contribution in [0, 0.1) is 6.92 Å². The van der Waals surface area contributed by atoms with E-state index in [9.17, 15) is 8.42 Å². The predicted molar refractivity (Wildman–Crippen MR) is 75.0 cm³/mol. The number of hydrogen-bond donors (Lipinski definition) is 1. The van der Waals surface area contributed by atoms with E-state index in [-0.39, 0.29) is 4.90 Å². The van der Waals surface area contributed by atoms with Gasteiger partial charge >= 0.3 is 0 Å². The Bertz CT molecular complexity index is 531. The molecule has 1 aromatic rings. The first-order valence-electron chi connectivity index (χ1n) is 6.93. The summed E-state index contributed by atoms with van der Waals surface area (Å²) in [6.07, 6.45) is 0.723. The molecule has 1 N–H and O–H groups in total. The highest BCUT2D eigenvalue weighted by atomic mass is 32.2. The second-order valence-corrected chi connectivity index (χ2v) is 6.69. The van der Waals surface area contributed by atoms with E-state index in [1.807, 2.05) is 6.92 Å². The maximum Gasteiger partial charge on any atom is 0.246 e. The lowest BCUT2D eigenvalue weighted by Gasteiger charge is -2.18. The smallest absolute Gasteiger partial charge is 0.246 e. The fourth-order valence-corrected chi connectivity index (χ4v) is 3.87. The minimum atomic E-state index is -3.49. The van der Waals surface area contributed by atoms with Crippen molar-refractivity contribution in [3.63, 3.8) is 0 Å². The molecule has 0 amide bonds. The molecule has 1 aliphatic rings. The number of sulfonamides is 1. The average molecular weight is 302 g/mol. The highest BCUT2D eigenvalue weighted by Gasteiger charge is 2.29. The highest BCUT2D eigenvalue weighted by molar-refractivity contribution is 7.89. The van der Waals surface area contributed by atoms with Gasteiger partial charge in [0.1, 0.15) is 16.4 Å². The van der Waals surface area contributed by atoms with Gasteiger partial charge < -0.3 is 14.5 Å². The Balaban J connectivity index is 2.21. The molecule has 0 unspecified atom stereocenters. The molecule has 20 heavy (non-hydrogen) atoms. The molecule has 0 atom stereocenters. The van der Waals surface area contributed by atoms with Crippen LogP contribution in [0.3, 0.4) is 0 Å². The number of nitrogens with zero attached hydrogens (tertiary/aromatic N) is 1. The number of furan rings is 1. The third-order valence-corrected chi connectivity index (χ3v) is 5.28. The van der Waals surface area contributed by atoms with Crippen molar-refractivity contribution in [1.29, 1.82) is 0 Å². The molecule has 7 heteroatoms. The highest BCUT2D eigenvalue weighted by Crippen LogP contribution is 2.24. The van der Waals surface area contributed by atoms with Gasteiger partial charge in [-0.25, -0.2) is 8.42 Å². The number of ether oxygens (including phenoxy) is 1. The van der Waals surface area contributed by atoms with E-state index < -0.39 is 10.0 Å². The minimum absolute atomic E-state index is 0.271. The molecule has 1 saturated heterocycles. The van der Waals surface area contributed by atoms with Crippen molar-refractivity contribution < 1.29 is 17.6 Å². The van der Waals surface area contributed by atoms with Crippen LogP contribution in [0.15, 0.2) is 15.4 Å². The third-order valence-electron chi connectivity index (χ3n) is 3.27. The van der Waals surface area contributed by atoms with Crippen LogP contribution in [-0.2, 0) is 21.3 Å². The molecule has 0 saturated carbocycles. The van der Waals surface area contributed by atoms with Crippen molar-refractivity contribution in [1.82, 2.24) is 9.62 Å². The van der Waals surface area contributed by atoms with Crippen molar-refractivity contribution in [2.75, 3.05) is 32.8 Å². The molecule has 6 nitrogen and oxygen atoms in total. The molecule has 1 aliphatic heterocycles. The third kappa shape index (κ3) is 3.41. The van der Waals surface area contributed by atoms with Crippen LogP contribution >= 0.6 is 0 Å². The molecular formula is C13H22N2O4S. The van der Waals surface area contributed by atoms with Crippen molar-refractivity contribution in [2.24, 2.45) is 0 Å². The van der Waals surface area contributed by atoms with E-state index in [2.05, 4.69) is 5.32 Å². The summed E-state index contributed by atoms with van der Waals surface area (Å²) in [6.45, 7) is 6.98. The molecule has 2 heterocycles. The van der Waals surface area contributed by atoms with Gasteiger partial charge in [0.2, 0.25) is 10.0 Å². The van der Waals surface area contributed by atoms with E-state index in [1.54, 1.807) is 13.0 Å². The van der Waals surface area contributed by atoms with Gasteiger partial charge in [0.15, 0.2) is 0 Å². The molecule has 0 radical (unpaired) electrons. The Morgan fingerprint density at radius 3 is 2.90 bits per heavy atom. The standard InChI is InChI=1S/C13H22N2O4S/c1-3-14-10-12-9-13(11(2)19-12)20(16,17)15-5-4-7-18-8-6-15/h9,14H,3-8,10H2,1-2H3. The summed E-state index contributed by atoms with van der Waals surface area (Å²) in [6, 6.07) is 1.62. The first-order chi connectivity index (χ1) is 9.55. The van der Waals surface area contributed by atoms with Crippen LogP contribution in [-0.4, -0.2) is 45.6 Å². The molecule has 1 aromatic heterocycles. The summed E-state index contributed by atoms with van der Waals surface area (Å²) in [5.74, 6) is 1.09. The quantitative estimate of drug-likeness (QED) is 0.882. The molecule has 0 aliphatic carbocycles. The minimum Gasteiger partial charge on any atom is -0.464 e. The topological polar surface area (TPSA) is 71.8 Å². The zero-order valence-electron chi connectivity index (χ0n) is 12.0. The van der Waals surface area contributed by atoms with Crippen molar-refractivity contribution >= 4 is 10.0 Å². The lowest BCUT2D eigenvalue weighted by Crippen LogP contribution is -2.33. The summed E-state index contributed by atoms with van der Waals surface area (Å²) in [5.41, 5.74) is 0. The zero-order chi connectivity index (χ0) is 14.6. The summed E-state index contributed by atoms with van der Waals surface area (Å²) in [4.78, 5) is 0.271. The zero-order valence-corrected chi connectivity index (χ0v) is 12.8. The Morgan fingerprint density at radius 1 is 1.35 bits per heavy atom. The summed E-state index contributed by atoms with van der Waals surface area (Å²) in [7, 11) is -3.49. The lowest BCUT2D eigenvalue weighted by molar-refractivity contribution is 0.148. The average Bonchev–Trinajstić information content (AvgIpc) is 2.65. The molecular weight excluding hydrogens is 280 g/mol.